The Balaban J connectivity index is 1.66. The Morgan fingerprint density at radius 2 is 2.12 bits per heavy atom. The van der Waals surface area contributed by atoms with E-state index in [1.807, 2.05) is 41.8 Å². The smallest absolute Gasteiger partial charge is 0.262 e. The molecular formula is C20H13N3O2S. The van der Waals surface area contributed by atoms with Crippen LogP contribution >= 0.6 is 11.3 Å². The lowest BCUT2D eigenvalue weighted by molar-refractivity contribution is -0.118. The van der Waals surface area contributed by atoms with E-state index in [4.69, 9.17) is 4.74 Å². The van der Waals surface area contributed by atoms with Gasteiger partial charge in [-0.2, -0.15) is 5.26 Å². The number of ether oxygens (including phenoxy) is 1. The Bertz CT molecular complexity index is 1050. The summed E-state index contributed by atoms with van der Waals surface area (Å²) in [5, 5.41) is 14.9. The summed E-state index contributed by atoms with van der Waals surface area (Å²) in [6.45, 7) is 0.0208. The van der Waals surface area contributed by atoms with E-state index in [2.05, 4.69) is 16.4 Å². The van der Waals surface area contributed by atoms with E-state index in [1.54, 1.807) is 18.2 Å². The summed E-state index contributed by atoms with van der Waals surface area (Å²) in [6.07, 6.45) is 1.76. The number of benzene rings is 2. The molecule has 2 aromatic carbocycles. The summed E-state index contributed by atoms with van der Waals surface area (Å²) >= 11 is 1.43. The van der Waals surface area contributed by atoms with Gasteiger partial charge in [0.25, 0.3) is 5.91 Å². The number of allylic oxidation sites excluding steroid dienone is 1. The number of rotatable bonds is 3. The summed E-state index contributed by atoms with van der Waals surface area (Å²) in [5.41, 5.74) is 3.73. The number of nitrogens with one attached hydrogen (secondary N) is 1. The van der Waals surface area contributed by atoms with Crippen LogP contribution in [0.4, 0.5) is 5.69 Å². The summed E-state index contributed by atoms with van der Waals surface area (Å²) in [5.74, 6) is 0.437. The minimum Gasteiger partial charge on any atom is -0.482 e. The zero-order valence-corrected chi connectivity index (χ0v) is 14.4. The van der Waals surface area contributed by atoms with Crippen LogP contribution < -0.4 is 10.1 Å². The van der Waals surface area contributed by atoms with E-state index >= 15 is 0 Å². The predicted molar refractivity (Wildman–Crippen MR) is 102 cm³/mol. The van der Waals surface area contributed by atoms with E-state index in [0.717, 1.165) is 16.8 Å². The largest absolute Gasteiger partial charge is 0.482 e. The molecule has 2 heterocycles. The zero-order chi connectivity index (χ0) is 17.9. The Morgan fingerprint density at radius 1 is 1.27 bits per heavy atom. The SMILES string of the molecule is N#C/C(=C/c1ccc2c(c1)NC(=O)CO2)c1nc(-c2ccccc2)cs1. The highest BCUT2D eigenvalue weighted by molar-refractivity contribution is 7.11. The highest BCUT2D eigenvalue weighted by Crippen LogP contribution is 2.31. The molecule has 6 heteroatoms. The molecule has 0 fully saturated rings. The summed E-state index contributed by atoms with van der Waals surface area (Å²) in [4.78, 5) is 16.0. The molecule has 0 spiro atoms. The highest BCUT2D eigenvalue weighted by atomic mass is 32.1. The van der Waals surface area contributed by atoms with E-state index in [-0.39, 0.29) is 12.5 Å². The maximum atomic E-state index is 11.5. The van der Waals surface area contributed by atoms with Crippen LogP contribution in [-0.4, -0.2) is 17.5 Å². The van der Waals surface area contributed by atoms with Gasteiger partial charge in [0.1, 0.15) is 16.8 Å². The molecule has 3 aromatic rings. The number of fused-ring (bicyclic) bond motifs is 1. The van der Waals surface area contributed by atoms with Crippen LogP contribution in [0.1, 0.15) is 10.6 Å². The minimum atomic E-state index is -0.188. The van der Waals surface area contributed by atoms with Gasteiger partial charge in [-0.25, -0.2) is 4.98 Å². The molecular weight excluding hydrogens is 346 g/mol. The molecule has 0 unspecified atom stereocenters. The Labute approximate surface area is 154 Å². The lowest BCUT2D eigenvalue weighted by atomic mass is 10.1. The van der Waals surface area contributed by atoms with E-state index in [1.165, 1.54) is 11.3 Å². The van der Waals surface area contributed by atoms with Gasteiger partial charge in [0.15, 0.2) is 6.61 Å². The van der Waals surface area contributed by atoms with Crippen LogP contribution in [-0.2, 0) is 4.79 Å². The number of nitriles is 1. The number of amides is 1. The minimum absolute atomic E-state index is 0.0208. The molecule has 1 amide bonds. The first-order valence-corrected chi connectivity index (χ1v) is 8.81. The Kier molecular flexibility index (Phi) is 4.22. The van der Waals surface area contributed by atoms with Crippen molar-refractivity contribution >= 4 is 34.6 Å². The maximum Gasteiger partial charge on any atom is 0.262 e. The molecule has 0 saturated carbocycles. The Morgan fingerprint density at radius 3 is 2.92 bits per heavy atom. The summed E-state index contributed by atoms with van der Waals surface area (Å²) < 4.78 is 5.35. The number of anilines is 1. The molecule has 0 radical (unpaired) electrons. The number of hydrogen-bond donors (Lipinski definition) is 1. The number of aromatic nitrogens is 1. The van der Waals surface area contributed by atoms with Gasteiger partial charge in [-0.1, -0.05) is 36.4 Å². The van der Waals surface area contributed by atoms with Gasteiger partial charge in [-0.15, -0.1) is 11.3 Å². The lowest BCUT2D eigenvalue weighted by Gasteiger charge is -2.17. The average molecular weight is 359 g/mol. The van der Waals surface area contributed by atoms with Gasteiger partial charge in [-0.05, 0) is 23.8 Å². The number of carbonyl (C=O) groups excluding carboxylic acids is 1. The molecule has 5 nitrogen and oxygen atoms in total. The van der Waals surface area contributed by atoms with Crippen molar-refractivity contribution in [2.75, 3.05) is 11.9 Å². The molecule has 1 aliphatic heterocycles. The zero-order valence-electron chi connectivity index (χ0n) is 13.6. The van der Waals surface area contributed by atoms with Crippen molar-refractivity contribution in [3.63, 3.8) is 0 Å². The van der Waals surface area contributed by atoms with Crippen LogP contribution in [0.5, 0.6) is 5.75 Å². The second-order valence-corrected chi connectivity index (χ2v) is 6.52. The molecule has 4 rings (SSSR count). The van der Waals surface area contributed by atoms with E-state index in [9.17, 15) is 10.1 Å². The van der Waals surface area contributed by atoms with Gasteiger partial charge in [0.2, 0.25) is 0 Å². The van der Waals surface area contributed by atoms with Gasteiger partial charge in [-0.3, -0.25) is 4.79 Å². The van der Waals surface area contributed by atoms with Crippen LogP contribution in [0.15, 0.2) is 53.9 Å². The van der Waals surface area contributed by atoms with E-state index < -0.39 is 0 Å². The molecule has 0 saturated heterocycles. The molecule has 26 heavy (non-hydrogen) atoms. The fraction of sp³-hybridized carbons (Fsp3) is 0.0500. The highest BCUT2D eigenvalue weighted by Gasteiger charge is 2.16. The second-order valence-electron chi connectivity index (χ2n) is 5.67. The van der Waals surface area contributed by atoms with Gasteiger partial charge >= 0.3 is 0 Å². The first-order chi connectivity index (χ1) is 12.7. The fourth-order valence-corrected chi connectivity index (χ4v) is 3.43. The van der Waals surface area contributed by atoms with Crippen molar-refractivity contribution in [3.05, 3.63) is 64.5 Å². The number of thiazole rings is 1. The van der Waals surface area contributed by atoms with Crippen molar-refractivity contribution in [2.24, 2.45) is 0 Å². The Hall–Kier alpha value is -3.43. The first kappa shape index (κ1) is 16.1. The summed E-state index contributed by atoms with van der Waals surface area (Å²) in [7, 11) is 0. The van der Waals surface area contributed by atoms with Gasteiger partial charge in [0.05, 0.1) is 17.0 Å². The maximum absolute atomic E-state index is 11.5. The molecule has 126 valence electrons. The van der Waals surface area contributed by atoms with Crippen LogP contribution in [0, 0.1) is 11.3 Å². The quantitative estimate of drug-likeness (QED) is 0.711. The van der Waals surface area contributed by atoms with Crippen molar-refractivity contribution in [3.8, 4) is 23.1 Å². The van der Waals surface area contributed by atoms with Crippen LogP contribution in [0.2, 0.25) is 0 Å². The van der Waals surface area contributed by atoms with Crippen molar-refractivity contribution in [1.29, 1.82) is 5.26 Å². The van der Waals surface area contributed by atoms with Crippen LogP contribution in [0.3, 0.4) is 0 Å². The summed E-state index contributed by atoms with van der Waals surface area (Å²) in [6, 6.07) is 17.5. The third-order valence-corrected chi connectivity index (χ3v) is 4.75. The average Bonchev–Trinajstić information content (AvgIpc) is 3.16. The lowest BCUT2D eigenvalue weighted by Crippen LogP contribution is -2.25. The molecule has 1 aliphatic rings. The van der Waals surface area contributed by atoms with Crippen molar-refractivity contribution in [2.45, 2.75) is 0 Å². The van der Waals surface area contributed by atoms with E-state index in [0.29, 0.717) is 22.0 Å². The molecule has 0 aliphatic carbocycles. The van der Waals surface area contributed by atoms with Crippen LogP contribution in [0.25, 0.3) is 22.9 Å². The predicted octanol–water partition coefficient (Wildman–Crippen LogP) is 4.21. The molecule has 1 N–H and O–H groups in total. The van der Waals surface area contributed by atoms with Gasteiger partial charge < -0.3 is 10.1 Å². The van der Waals surface area contributed by atoms with Crippen molar-refractivity contribution in [1.82, 2.24) is 4.98 Å². The molecule has 0 atom stereocenters. The third-order valence-electron chi connectivity index (χ3n) is 3.87. The monoisotopic (exact) mass is 359 g/mol. The second kappa shape index (κ2) is 6.82. The number of nitrogens with zero attached hydrogens (tertiary/aromatic N) is 2. The number of hydrogen-bond acceptors (Lipinski definition) is 5. The fourth-order valence-electron chi connectivity index (χ4n) is 2.64. The van der Waals surface area contributed by atoms with Crippen molar-refractivity contribution < 1.29 is 9.53 Å². The first-order valence-electron chi connectivity index (χ1n) is 7.93. The third kappa shape index (κ3) is 3.21. The number of carbonyl (C=O) groups is 1. The standard InChI is InChI=1S/C20H13N3O2S/c21-10-15(20-23-17(12-26-20)14-4-2-1-3-5-14)8-13-6-7-18-16(9-13)22-19(24)11-25-18/h1-9,12H,11H2,(H,22,24)/b15-8-. The normalized spacial score (nSPS) is 13.3. The molecule has 0 bridgehead atoms. The molecule has 1 aromatic heterocycles. The topological polar surface area (TPSA) is 75.0 Å². The van der Waals surface area contributed by atoms with Gasteiger partial charge in [0, 0.05) is 10.9 Å².